The fourth-order valence-electron chi connectivity index (χ4n) is 2.80. The lowest BCUT2D eigenvalue weighted by Crippen LogP contribution is -3.27. The van der Waals surface area contributed by atoms with Crippen LogP contribution >= 0.6 is 0 Å². The molecule has 1 aliphatic heterocycles. The highest BCUT2D eigenvalue weighted by Gasteiger charge is 2.23. The summed E-state index contributed by atoms with van der Waals surface area (Å²) in [6.45, 7) is 9.44. The predicted molar refractivity (Wildman–Crippen MR) is 84.4 cm³/mol. The first kappa shape index (κ1) is 16.8. The third kappa shape index (κ3) is 5.31. The average Bonchev–Trinajstić information content (AvgIpc) is 2.49. The molecule has 1 aromatic rings. The predicted octanol–water partition coefficient (Wildman–Crippen LogP) is -1.28. The third-order valence-electron chi connectivity index (χ3n) is 4.16. The summed E-state index contributed by atoms with van der Waals surface area (Å²) in [6.07, 6.45) is -0.0682. The molecule has 0 bridgehead atoms. The molecular weight excluding hydrogens is 280 g/mol. The number of likely N-dealkylation sites (N-methyl/N-ethyl adjacent to an activating group) is 1. The van der Waals surface area contributed by atoms with Crippen LogP contribution in [0.2, 0.25) is 0 Å². The number of rotatable bonds is 6. The van der Waals surface area contributed by atoms with E-state index < -0.39 is 0 Å². The van der Waals surface area contributed by atoms with Crippen LogP contribution in [0.1, 0.15) is 12.5 Å². The van der Waals surface area contributed by atoms with Gasteiger partial charge < -0.3 is 19.3 Å². The molecule has 0 amide bonds. The summed E-state index contributed by atoms with van der Waals surface area (Å²) in [5.74, 6) is 0.440. The molecule has 0 unspecified atom stereocenters. The zero-order valence-electron chi connectivity index (χ0n) is 13.9. The molecule has 0 aromatic heterocycles. The number of para-hydroxylation sites is 1. The summed E-state index contributed by atoms with van der Waals surface area (Å²) in [7, 11) is 2.23. The Morgan fingerprint density at radius 1 is 1.23 bits per heavy atom. The number of nitrogens with one attached hydrogen (secondary N) is 2. The van der Waals surface area contributed by atoms with Crippen molar-refractivity contribution in [2.75, 3.05) is 46.4 Å². The van der Waals surface area contributed by atoms with Gasteiger partial charge in [-0.1, -0.05) is 18.2 Å². The highest BCUT2D eigenvalue weighted by molar-refractivity contribution is 5.71. The maximum Gasteiger partial charge on any atom is 0.344 e. The normalized spacial score (nSPS) is 22.9. The maximum atomic E-state index is 11.9. The molecule has 1 saturated heterocycles. The van der Waals surface area contributed by atoms with Crippen LogP contribution in [0.4, 0.5) is 0 Å². The van der Waals surface area contributed by atoms with Crippen molar-refractivity contribution in [1.82, 2.24) is 0 Å². The second kappa shape index (κ2) is 8.15. The number of hydrogen-bond donors (Lipinski definition) is 2. The minimum absolute atomic E-state index is 0.0303. The monoisotopic (exact) mass is 308 g/mol. The molecule has 122 valence electrons. The van der Waals surface area contributed by atoms with Gasteiger partial charge in [-0.3, -0.25) is 0 Å². The van der Waals surface area contributed by atoms with E-state index in [1.54, 1.807) is 4.90 Å². The Morgan fingerprint density at radius 3 is 2.59 bits per heavy atom. The van der Waals surface area contributed by atoms with Gasteiger partial charge in [-0.25, -0.2) is 4.79 Å². The highest BCUT2D eigenvalue weighted by Crippen LogP contribution is 2.15. The lowest BCUT2D eigenvalue weighted by molar-refractivity contribution is -1.00. The van der Waals surface area contributed by atoms with E-state index >= 15 is 0 Å². The van der Waals surface area contributed by atoms with Gasteiger partial charge in [0.15, 0.2) is 6.61 Å². The van der Waals surface area contributed by atoms with E-state index in [0.717, 1.165) is 30.9 Å². The summed E-state index contributed by atoms with van der Waals surface area (Å²) >= 11 is 0. The summed E-state index contributed by atoms with van der Waals surface area (Å²) in [6, 6.07) is 7.67. The molecule has 5 nitrogen and oxygen atoms in total. The molecule has 2 N–H and O–H groups in total. The zero-order valence-corrected chi connectivity index (χ0v) is 13.9. The van der Waals surface area contributed by atoms with Gasteiger partial charge in [-0.15, -0.1) is 0 Å². The van der Waals surface area contributed by atoms with Crippen LogP contribution in [-0.4, -0.2) is 58.5 Å². The van der Waals surface area contributed by atoms with Crippen molar-refractivity contribution < 1.29 is 24.1 Å². The molecule has 0 saturated carbocycles. The molecule has 1 heterocycles. The summed E-state index contributed by atoms with van der Waals surface area (Å²) in [4.78, 5) is 15.0. The Bertz CT molecular complexity index is 485. The second-order valence-electron chi connectivity index (χ2n) is 6.27. The van der Waals surface area contributed by atoms with Gasteiger partial charge in [0.1, 0.15) is 44.6 Å². The smallest absolute Gasteiger partial charge is 0.344 e. The Morgan fingerprint density at radius 2 is 1.91 bits per heavy atom. The lowest BCUT2D eigenvalue weighted by Gasteiger charge is -2.28. The van der Waals surface area contributed by atoms with Crippen molar-refractivity contribution >= 4 is 5.97 Å². The summed E-state index contributed by atoms with van der Waals surface area (Å²) < 4.78 is 11.0. The van der Waals surface area contributed by atoms with Gasteiger partial charge >= 0.3 is 5.97 Å². The standard InChI is InChI=1S/C17H26N2O3/c1-14-6-4-5-7-16(14)21-13-17(20)22-15(2)12-19-10-8-18(3)9-11-19/h4-7,15H,8-13H2,1-3H3/p+2/t15-/m1/s1. The van der Waals surface area contributed by atoms with Crippen LogP contribution in [0, 0.1) is 6.92 Å². The van der Waals surface area contributed by atoms with Crippen LogP contribution in [0.5, 0.6) is 5.75 Å². The summed E-state index contributed by atoms with van der Waals surface area (Å²) in [5.41, 5.74) is 1.02. The van der Waals surface area contributed by atoms with Crippen molar-refractivity contribution in [3.05, 3.63) is 29.8 Å². The lowest BCUT2D eigenvalue weighted by atomic mass is 10.2. The van der Waals surface area contributed by atoms with Crippen molar-refractivity contribution in [3.8, 4) is 5.75 Å². The number of benzene rings is 1. The Kier molecular flexibility index (Phi) is 6.21. The Balaban J connectivity index is 1.69. The first-order chi connectivity index (χ1) is 10.5. The molecule has 1 atom stereocenters. The molecule has 1 aromatic carbocycles. The number of aryl methyl sites for hydroxylation is 1. The Hall–Kier alpha value is -1.59. The van der Waals surface area contributed by atoms with Gasteiger partial charge in [0.25, 0.3) is 0 Å². The molecular formula is C17H28N2O3+2. The number of quaternary nitrogens is 2. The quantitative estimate of drug-likeness (QED) is 0.644. The van der Waals surface area contributed by atoms with Gasteiger partial charge in [0.2, 0.25) is 0 Å². The molecule has 1 fully saturated rings. The number of carbonyl (C=O) groups is 1. The van der Waals surface area contributed by atoms with Crippen LogP contribution in [0.25, 0.3) is 0 Å². The van der Waals surface area contributed by atoms with E-state index in [0.29, 0.717) is 0 Å². The number of ether oxygens (including phenoxy) is 2. The van der Waals surface area contributed by atoms with Crippen molar-refractivity contribution in [3.63, 3.8) is 0 Å². The first-order valence-corrected chi connectivity index (χ1v) is 8.07. The Labute approximate surface area is 132 Å². The molecule has 0 spiro atoms. The zero-order chi connectivity index (χ0) is 15.9. The van der Waals surface area contributed by atoms with Crippen LogP contribution in [0.3, 0.4) is 0 Å². The van der Waals surface area contributed by atoms with Gasteiger partial charge in [0.05, 0.1) is 7.05 Å². The topological polar surface area (TPSA) is 44.4 Å². The molecule has 1 aliphatic rings. The van der Waals surface area contributed by atoms with Crippen LogP contribution in [0.15, 0.2) is 24.3 Å². The fourth-order valence-corrected chi connectivity index (χ4v) is 2.80. The minimum Gasteiger partial charge on any atom is -0.482 e. The second-order valence-corrected chi connectivity index (χ2v) is 6.27. The van der Waals surface area contributed by atoms with E-state index in [1.165, 1.54) is 18.0 Å². The van der Waals surface area contributed by atoms with Crippen molar-refractivity contribution in [1.29, 1.82) is 0 Å². The van der Waals surface area contributed by atoms with Crippen LogP contribution in [-0.2, 0) is 9.53 Å². The van der Waals surface area contributed by atoms with Crippen molar-refractivity contribution in [2.24, 2.45) is 0 Å². The third-order valence-corrected chi connectivity index (χ3v) is 4.16. The van der Waals surface area contributed by atoms with Gasteiger partial charge in [0, 0.05) is 0 Å². The largest absolute Gasteiger partial charge is 0.482 e. The molecule has 0 aliphatic carbocycles. The number of esters is 1. The number of carbonyl (C=O) groups excluding carboxylic acids is 1. The van der Waals surface area contributed by atoms with Gasteiger partial charge in [-0.05, 0) is 25.5 Å². The summed E-state index contributed by atoms with van der Waals surface area (Å²) in [5, 5.41) is 0. The van der Waals surface area contributed by atoms with Gasteiger partial charge in [-0.2, -0.15) is 0 Å². The van der Waals surface area contributed by atoms with E-state index in [2.05, 4.69) is 7.05 Å². The maximum absolute atomic E-state index is 11.9. The SMILES string of the molecule is Cc1ccccc1OCC(=O)O[C@H](C)C[NH+]1CC[NH+](C)CC1. The van der Waals surface area contributed by atoms with E-state index in [4.69, 9.17) is 9.47 Å². The van der Waals surface area contributed by atoms with E-state index in [1.807, 2.05) is 38.1 Å². The molecule has 22 heavy (non-hydrogen) atoms. The van der Waals surface area contributed by atoms with Crippen molar-refractivity contribution in [2.45, 2.75) is 20.0 Å². The molecule has 0 radical (unpaired) electrons. The molecule has 2 rings (SSSR count). The fraction of sp³-hybridized carbons (Fsp3) is 0.588. The van der Waals surface area contributed by atoms with E-state index in [-0.39, 0.29) is 18.7 Å². The molecule has 5 heteroatoms. The number of hydrogen-bond acceptors (Lipinski definition) is 3. The van der Waals surface area contributed by atoms with Crippen LogP contribution < -0.4 is 14.5 Å². The number of piperazine rings is 1. The first-order valence-electron chi connectivity index (χ1n) is 8.07. The van der Waals surface area contributed by atoms with E-state index in [9.17, 15) is 4.79 Å². The highest BCUT2D eigenvalue weighted by atomic mass is 16.6. The minimum atomic E-state index is -0.296. The average molecular weight is 308 g/mol.